The van der Waals surface area contributed by atoms with Gasteiger partial charge < -0.3 is 19.9 Å². The lowest BCUT2D eigenvalue weighted by molar-refractivity contribution is -0.139. The van der Waals surface area contributed by atoms with Crippen LogP contribution in [0.4, 0.5) is 17.6 Å². The van der Waals surface area contributed by atoms with Crippen LogP contribution in [0.15, 0.2) is 47.4 Å². The highest BCUT2D eigenvalue weighted by atomic mass is 19.4. The van der Waals surface area contributed by atoms with Crippen LogP contribution in [-0.2, 0) is 22.2 Å². The van der Waals surface area contributed by atoms with Crippen molar-refractivity contribution < 1.29 is 32.3 Å². The first-order valence-corrected chi connectivity index (χ1v) is 17.2. The molecule has 0 aliphatic carbocycles. The van der Waals surface area contributed by atoms with Gasteiger partial charge in [-0.25, -0.2) is 9.37 Å². The molecule has 1 aliphatic rings. The first-order chi connectivity index (χ1) is 23.9. The van der Waals surface area contributed by atoms with E-state index in [4.69, 9.17) is 0 Å². The molecule has 8 nitrogen and oxygen atoms in total. The van der Waals surface area contributed by atoms with Gasteiger partial charge in [-0.2, -0.15) is 13.2 Å². The molecular weight excluding hydrogens is 664 g/mol. The van der Waals surface area contributed by atoms with E-state index >= 15 is 0 Å². The van der Waals surface area contributed by atoms with E-state index in [0.29, 0.717) is 24.7 Å². The second kappa shape index (κ2) is 16.7. The second-order valence-corrected chi connectivity index (χ2v) is 14.1. The number of nitrogens with zero attached hydrogens (tertiary/aromatic N) is 3. The standard InChI is InChI=1S/C39H46F4N4O4/c1-23(2)10-11-30-17-28(37-25(5)8-7-9-26(37)6)18-32(44-30)33(20-36(49)50)45-38(51)34(16-24(3)4)47-21-27(12-14-46-15-13-29(40)22-46)31(19-35(47)48)39(41,42)43/h7-9,17-19,21,23-24,29,33-34H,12-16,20,22H2,1-6H3,(H,45,51)(H,49,50)/t29-,33+,34+/m1/s1. The van der Waals surface area contributed by atoms with Crippen molar-refractivity contribution in [1.82, 2.24) is 19.8 Å². The number of rotatable bonds is 12. The first-order valence-electron chi connectivity index (χ1n) is 17.2. The zero-order chi connectivity index (χ0) is 37.6. The summed E-state index contributed by atoms with van der Waals surface area (Å²) >= 11 is 0. The average Bonchev–Trinajstić information content (AvgIpc) is 3.45. The van der Waals surface area contributed by atoms with E-state index < -0.39 is 53.9 Å². The summed E-state index contributed by atoms with van der Waals surface area (Å²) in [6.07, 6.45) is -5.10. The Morgan fingerprint density at radius 1 is 1.10 bits per heavy atom. The third-order valence-corrected chi connectivity index (χ3v) is 8.87. The summed E-state index contributed by atoms with van der Waals surface area (Å²) in [7, 11) is 0. The van der Waals surface area contributed by atoms with Gasteiger partial charge in [-0.15, -0.1) is 0 Å². The van der Waals surface area contributed by atoms with Crippen LogP contribution in [0.5, 0.6) is 0 Å². The number of halogens is 4. The van der Waals surface area contributed by atoms with Gasteiger partial charge in [-0.3, -0.25) is 14.4 Å². The van der Waals surface area contributed by atoms with Crippen LogP contribution >= 0.6 is 0 Å². The van der Waals surface area contributed by atoms with Gasteiger partial charge in [0.2, 0.25) is 5.91 Å². The zero-order valence-corrected chi connectivity index (χ0v) is 29.9. The molecule has 0 radical (unpaired) electrons. The lowest BCUT2D eigenvalue weighted by Crippen LogP contribution is -2.41. The summed E-state index contributed by atoms with van der Waals surface area (Å²) in [6, 6.07) is 7.43. The number of carbonyl (C=O) groups excluding carboxylic acids is 1. The number of alkyl halides is 4. The van der Waals surface area contributed by atoms with E-state index in [1.165, 1.54) is 0 Å². The van der Waals surface area contributed by atoms with E-state index in [2.05, 4.69) is 22.1 Å². The fourth-order valence-corrected chi connectivity index (χ4v) is 6.46. The highest BCUT2D eigenvalue weighted by Crippen LogP contribution is 2.33. The maximum Gasteiger partial charge on any atom is 0.416 e. The Morgan fingerprint density at radius 2 is 1.78 bits per heavy atom. The summed E-state index contributed by atoms with van der Waals surface area (Å²) in [6.45, 7) is 12.0. The van der Waals surface area contributed by atoms with Crippen molar-refractivity contribution in [2.75, 3.05) is 19.6 Å². The van der Waals surface area contributed by atoms with Gasteiger partial charge in [0.1, 0.15) is 17.9 Å². The Kier molecular flexibility index (Phi) is 12.8. The number of benzene rings is 1. The summed E-state index contributed by atoms with van der Waals surface area (Å²) in [5.74, 6) is 4.02. The maximum absolute atomic E-state index is 14.2. The van der Waals surface area contributed by atoms with Crippen LogP contribution in [-0.4, -0.2) is 57.2 Å². The number of hydrogen-bond acceptors (Lipinski definition) is 5. The quantitative estimate of drug-likeness (QED) is 0.154. The molecular formula is C39H46F4N4O4. The molecule has 0 spiro atoms. The molecule has 4 rings (SSSR count). The molecule has 0 saturated carbocycles. The van der Waals surface area contributed by atoms with Crippen LogP contribution in [0, 0.1) is 37.5 Å². The minimum atomic E-state index is -4.83. The van der Waals surface area contributed by atoms with Crippen LogP contribution in [0.2, 0.25) is 0 Å². The van der Waals surface area contributed by atoms with Gasteiger partial charge in [-0.05, 0) is 84.9 Å². The van der Waals surface area contributed by atoms with Crippen LogP contribution in [0.1, 0.15) is 92.7 Å². The Hall–Kier alpha value is -4.50. The van der Waals surface area contributed by atoms with Gasteiger partial charge in [0, 0.05) is 37.8 Å². The van der Waals surface area contributed by atoms with Crippen molar-refractivity contribution in [2.24, 2.45) is 11.8 Å². The van der Waals surface area contributed by atoms with Crippen LogP contribution < -0.4 is 10.9 Å². The molecule has 2 N–H and O–H groups in total. The predicted molar refractivity (Wildman–Crippen MR) is 188 cm³/mol. The summed E-state index contributed by atoms with van der Waals surface area (Å²) in [5, 5.41) is 12.7. The third-order valence-electron chi connectivity index (χ3n) is 8.87. The smallest absolute Gasteiger partial charge is 0.416 e. The van der Waals surface area contributed by atoms with Crippen molar-refractivity contribution in [1.29, 1.82) is 0 Å². The molecule has 1 aromatic carbocycles. The molecule has 1 aliphatic heterocycles. The number of aliphatic carboxylic acids is 1. The summed E-state index contributed by atoms with van der Waals surface area (Å²) in [5.41, 5.74) is 1.88. The number of carboxylic acids is 1. The topological polar surface area (TPSA) is 105 Å². The monoisotopic (exact) mass is 710 g/mol. The van der Waals surface area contributed by atoms with Crippen molar-refractivity contribution in [3.05, 3.63) is 86.6 Å². The molecule has 1 amide bonds. The van der Waals surface area contributed by atoms with E-state index in [1.807, 2.05) is 52.0 Å². The Balaban J connectivity index is 1.79. The molecule has 0 unspecified atom stereocenters. The summed E-state index contributed by atoms with van der Waals surface area (Å²) in [4.78, 5) is 46.1. The molecule has 3 aromatic rings. The number of aromatic nitrogens is 2. The lowest BCUT2D eigenvalue weighted by atomic mass is 9.94. The number of aryl methyl sites for hydroxylation is 2. The Morgan fingerprint density at radius 3 is 2.35 bits per heavy atom. The van der Waals surface area contributed by atoms with E-state index in [1.54, 1.807) is 24.8 Å². The van der Waals surface area contributed by atoms with Gasteiger partial charge in [0.15, 0.2) is 0 Å². The number of carboxylic acid groups (broad SMARTS) is 1. The van der Waals surface area contributed by atoms with E-state index in [9.17, 15) is 37.1 Å². The van der Waals surface area contributed by atoms with Crippen molar-refractivity contribution in [2.45, 2.75) is 91.7 Å². The van der Waals surface area contributed by atoms with Gasteiger partial charge in [0.25, 0.3) is 5.56 Å². The van der Waals surface area contributed by atoms with Crippen molar-refractivity contribution in [3.63, 3.8) is 0 Å². The molecule has 3 atom stereocenters. The average molecular weight is 711 g/mol. The van der Waals surface area contributed by atoms with Gasteiger partial charge in [-0.1, -0.05) is 51.8 Å². The number of nitrogens with one attached hydrogen (secondary N) is 1. The lowest BCUT2D eigenvalue weighted by Gasteiger charge is -2.26. The maximum atomic E-state index is 14.2. The zero-order valence-electron chi connectivity index (χ0n) is 29.9. The molecule has 12 heteroatoms. The molecule has 2 aromatic heterocycles. The number of likely N-dealkylation sites (tertiary alicyclic amines) is 1. The van der Waals surface area contributed by atoms with E-state index in [0.717, 1.165) is 33.0 Å². The molecule has 1 saturated heterocycles. The van der Waals surface area contributed by atoms with Gasteiger partial charge in [0.05, 0.1) is 23.7 Å². The number of carbonyl (C=O) groups is 2. The Bertz CT molecular complexity index is 1840. The molecule has 274 valence electrons. The Labute approximate surface area is 296 Å². The van der Waals surface area contributed by atoms with Crippen molar-refractivity contribution >= 4 is 11.9 Å². The molecule has 51 heavy (non-hydrogen) atoms. The minimum Gasteiger partial charge on any atom is -0.481 e. The summed E-state index contributed by atoms with van der Waals surface area (Å²) < 4.78 is 57.2. The number of amides is 1. The fourth-order valence-electron chi connectivity index (χ4n) is 6.46. The number of hydrogen-bond donors (Lipinski definition) is 2. The predicted octanol–water partition coefficient (Wildman–Crippen LogP) is 7.06. The normalized spacial score (nSPS) is 16.2. The largest absolute Gasteiger partial charge is 0.481 e. The molecule has 3 heterocycles. The molecule has 0 bridgehead atoms. The van der Waals surface area contributed by atoms with Crippen LogP contribution in [0.25, 0.3) is 11.1 Å². The second-order valence-electron chi connectivity index (χ2n) is 14.1. The fraction of sp³-hybridized carbons (Fsp3) is 0.487. The van der Waals surface area contributed by atoms with Crippen LogP contribution in [0.3, 0.4) is 0 Å². The van der Waals surface area contributed by atoms with E-state index in [-0.39, 0.29) is 49.0 Å². The SMILES string of the molecule is Cc1cccc(C)c1-c1cc(C#CC(C)C)nc([C@H](CC(=O)O)NC(=O)[C@H](CC(C)C)n2cc(CCN3CC[C@@H](F)C3)c(C(F)(F)F)cc2=O)c1. The first kappa shape index (κ1) is 39.3. The highest BCUT2D eigenvalue weighted by Gasteiger charge is 2.36. The van der Waals surface area contributed by atoms with Crippen molar-refractivity contribution in [3.8, 4) is 23.0 Å². The third kappa shape index (κ3) is 10.5. The molecule has 1 fully saturated rings. The minimum absolute atomic E-state index is 0.0216. The number of pyridine rings is 2. The van der Waals surface area contributed by atoms with Gasteiger partial charge >= 0.3 is 12.1 Å². The highest BCUT2D eigenvalue weighted by molar-refractivity contribution is 5.82.